The van der Waals surface area contributed by atoms with Crippen LogP contribution in [-0.2, 0) is 9.59 Å². The number of Topliss-reactive ketones (excluding diaryl/α,β-unsaturated/α-hetero) is 1. The molecular formula is C25H27N3O2S. The van der Waals surface area contributed by atoms with Gasteiger partial charge in [-0.1, -0.05) is 25.1 Å². The number of aryl methyl sites for hydroxylation is 1. The Morgan fingerprint density at radius 2 is 1.87 bits per heavy atom. The number of nitrogens with one attached hydrogen (secondary N) is 2. The minimum Gasteiger partial charge on any atom is -0.362 e. The molecule has 2 aliphatic rings. The van der Waals surface area contributed by atoms with Gasteiger partial charge >= 0.3 is 0 Å². The Hall–Kier alpha value is -2.86. The number of aromatic nitrogens is 1. The Bertz CT molecular complexity index is 1080. The summed E-state index contributed by atoms with van der Waals surface area (Å²) in [7, 11) is 0. The second-order valence-corrected chi connectivity index (χ2v) is 9.25. The third kappa shape index (κ3) is 4.30. The van der Waals surface area contributed by atoms with Crippen LogP contribution < -0.4 is 10.6 Å². The van der Waals surface area contributed by atoms with Gasteiger partial charge in [-0.3, -0.25) is 9.59 Å². The van der Waals surface area contributed by atoms with Crippen LogP contribution in [0.5, 0.6) is 0 Å². The minimum atomic E-state index is -0.391. The van der Waals surface area contributed by atoms with Crippen molar-refractivity contribution in [2.45, 2.75) is 44.4 Å². The number of carbonyl (C=O) groups is 2. The molecule has 0 unspecified atom stereocenters. The zero-order valence-electron chi connectivity index (χ0n) is 18.3. The monoisotopic (exact) mass is 433 g/mol. The number of rotatable bonds is 4. The highest BCUT2D eigenvalue weighted by atomic mass is 32.2. The number of hydrogen-bond acceptors (Lipinski definition) is 5. The average Bonchev–Trinajstić information content (AvgIpc) is 2.74. The lowest BCUT2D eigenvalue weighted by Crippen LogP contribution is -2.37. The molecule has 6 heteroatoms. The first kappa shape index (κ1) is 21.4. The van der Waals surface area contributed by atoms with E-state index in [4.69, 9.17) is 0 Å². The van der Waals surface area contributed by atoms with Crippen molar-refractivity contribution < 1.29 is 9.59 Å². The van der Waals surface area contributed by atoms with Crippen LogP contribution in [0.4, 0.5) is 5.82 Å². The van der Waals surface area contributed by atoms with Crippen molar-refractivity contribution in [2.75, 3.05) is 11.6 Å². The minimum absolute atomic E-state index is 0.117. The van der Waals surface area contributed by atoms with Gasteiger partial charge in [-0.05, 0) is 61.8 Å². The summed E-state index contributed by atoms with van der Waals surface area (Å²) in [6.07, 6.45) is 5.07. The second-order valence-electron chi connectivity index (χ2n) is 8.37. The second kappa shape index (κ2) is 8.71. The van der Waals surface area contributed by atoms with Gasteiger partial charge in [0.25, 0.3) is 5.91 Å². The number of nitrogens with zero attached hydrogens (tertiary/aromatic N) is 1. The standard InChI is InChI=1S/C25H27N3O2S/c1-14-5-10-21(26-13-14)28-25(30)22-16(3)27-19-11-15(2)12-20(29)24(19)23(22)17-6-8-18(31-4)9-7-17/h5-10,13,15,23,27H,11-12H2,1-4H3,(H,26,28,30)/t15-,23-/m0/s1. The van der Waals surface area contributed by atoms with E-state index in [1.165, 1.54) is 0 Å². The largest absolute Gasteiger partial charge is 0.362 e. The molecule has 0 radical (unpaired) electrons. The molecule has 0 spiro atoms. The molecule has 5 nitrogen and oxygen atoms in total. The van der Waals surface area contributed by atoms with Crippen LogP contribution in [-0.4, -0.2) is 22.9 Å². The van der Waals surface area contributed by atoms with Crippen molar-refractivity contribution in [3.05, 3.63) is 76.3 Å². The Labute approximate surface area is 187 Å². The van der Waals surface area contributed by atoms with E-state index in [1.54, 1.807) is 24.0 Å². The zero-order valence-corrected chi connectivity index (χ0v) is 19.1. The van der Waals surface area contributed by atoms with Crippen molar-refractivity contribution in [1.82, 2.24) is 10.3 Å². The van der Waals surface area contributed by atoms with Crippen molar-refractivity contribution in [1.29, 1.82) is 0 Å². The zero-order chi connectivity index (χ0) is 22.1. The first-order chi connectivity index (χ1) is 14.9. The fourth-order valence-electron chi connectivity index (χ4n) is 4.39. The summed E-state index contributed by atoms with van der Waals surface area (Å²) in [6.45, 7) is 5.96. The summed E-state index contributed by atoms with van der Waals surface area (Å²) >= 11 is 1.67. The lowest BCUT2D eigenvalue weighted by molar-refractivity contribution is -0.117. The Kier molecular flexibility index (Phi) is 6.01. The molecule has 1 amide bonds. The number of anilines is 1. The lowest BCUT2D eigenvalue weighted by Gasteiger charge is -2.36. The van der Waals surface area contributed by atoms with Crippen LogP contribution in [0.15, 0.2) is 70.0 Å². The quantitative estimate of drug-likeness (QED) is 0.667. The summed E-state index contributed by atoms with van der Waals surface area (Å²) in [4.78, 5) is 32.0. The van der Waals surface area contributed by atoms with Crippen LogP contribution in [0.3, 0.4) is 0 Å². The molecule has 1 aliphatic carbocycles. The topological polar surface area (TPSA) is 71.1 Å². The van der Waals surface area contributed by atoms with Crippen LogP contribution >= 0.6 is 11.8 Å². The number of amides is 1. The van der Waals surface area contributed by atoms with E-state index < -0.39 is 5.92 Å². The maximum absolute atomic E-state index is 13.4. The number of benzene rings is 1. The van der Waals surface area contributed by atoms with Gasteiger partial charge in [-0.2, -0.15) is 0 Å². The number of allylic oxidation sites excluding steroid dienone is 3. The number of hydrogen-bond donors (Lipinski definition) is 2. The van der Waals surface area contributed by atoms with E-state index in [9.17, 15) is 9.59 Å². The molecule has 2 atom stereocenters. The SMILES string of the molecule is CSc1ccc([C@H]2C(C(=O)Nc3ccc(C)cn3)=C(C)NC3=C2C(=O)C[C@@H](C)C3)cc1. The predicted molar refractivity (Wildman–Crippen MR) is 125 cm³/mol. The molecular weight excluding hydrogens is 406 g/mol. The molecule has 160 valence electrons. The van der Waals surface area contributed by atoms with E-state index in [0.717, 1.165) is 39.4 Å². The van der Waals surface area contributed by atoms with Gasteiger partial charge in [0.05, 0.1) is 0 Å². The molecule has 2 heterocycles. The van der Waals surface area contributed by atoms with Gasteiger partial charge in [0.15, 0.2) is 5.78 Å². The fraction of sp³-hybridized carbons (Fsp3) is 0.320. The molecule has 2 N–H and O–H groups in total. The van der Waals surface area contributed by atoms with E-state index in [0.29, 0.717) is 23.7 Å². The Morgan fingerprint density at radius 1 is 1.13 bits per heavy atom. The number of thioether (sulfide) groups is 1. The van der Waals surface area contributed by atoms with Crippen molar-refractivity contribution >= 4 is 29.3 Å². The number of carbonyl (C=O) groups excluding carboxylic acids is 2. The van der Waals surface area contributed by atoms with Crippen LogP contribution in [0, 0.1) is 12.8 Å². The maximum Gasteiger partial charge on any atom is 0.255 e. The van der Waals surface area contributed by atoms with E-state index in [-0.39, 0.29) is 11.7 Å². The molecule has 1 aliphatic heterocycles. The summed E-state index contributed by atoms with van der Waals surface area (Å²) in [6, 6.07) is 11.9. The molecule has 0 saturated heterocycles. The molecule has 1 aromatic heterocycles. The number of ketones is 1. The fourth-order valence-corrected chi connectivity index (χ4v) is 4.80. The van der Waals surface area contributed by atoms with Crippen molar-refractivity contribution in [3.8, 4) is 0 Å². The molecule has 0 bridgehead atoms. The van der Waals surface area contributed by atoms with E-state index >= 15 is 0 Å². The van der Waals surface area contributed by atoms with Gasteiger partial charge in [-0.25, -0.2) is 4.98 Å². The average molecular weight is 434 g/mol. The summed E-state index contributed by atoms with van der Waals surface area (Å²) < 4.78 is 0. The molecule has 0 saturated carbocycles. The van der Waals surface area contributed by atoms with Crippen molar-refractivity contribution in [3.63, 3.8) is 0 Å². The van der Waals surface area contributed by atoms with Gasteiger partial charge in [0, 0.05) is 46.0 Å². The third-order valence-electron chi connectivity index (χ3n) is 5.88. The van der Waals surface area contributed by atoms with Gasteiger partial charge in [0.1, 0.15) is 5.82 Å². The van der Waals surface area contributed by atoms with Gasteiger partial charge < -0.3 is 10.6 Å². The third-order valence-corrected chi connectivity index (χ3v) is 6.62. The molecule has 31 heavy (non-hydrogen) atoms. The van der Waals surface area contributed by atoms with E-state index in [2.05, 4.69) is 22.5 Å². The highest BCUT2D eigenvalue weighted by molar-refractivity contribution is 7.98. The lowest BCUT2D eigenvalue weighted by atomic mass is 9.73. The highest BCUT2D eigenvalue weighted by Crippen LogP contribution is 2.43. The molecule has 2 aromatic rings. The smallest absolute Gasteiger partial charge is 0.255 e. The number of pyridine rings is 1. The molecule has 4 rings (SSSR count). The summed E-state index contributed by atoms with van der Waals surface area (Å²) in [5, 5.41) is 6.31. The first-order valence-electron chi connectivity index (χ1n) is 10.5. The Balaban J connectivity index is 1.77. The maximum atomic E-state index is 13.4. The normalized spacial score (nSPS) is 21.0. The van der Waals surface area contributed by atoms with Gasteiger partial charge in [-0.15, -0.1) is 11.8 Å². The molecule has 0 fully saturated rings. The predicted octanol–water partition coefficient (Wildman–Crippen LogP) is 4.96. The number of dihydropyridines is 1. The van der Waals surface area contributed by atoms with Crippen LogP contribution in [0.2, 0.25) is 0 Å². The van der Waals surface area contributed by atoms with Gasteiger partial charge in [0.2, 0.25) is 0 Å². The van der Waals surface area contributed by atoms with Crippen LogP contribution in [0.1, 0.15) is 43.7 Å². The van der Waals surface area contributed by atoms with E-state index in [1.807, 2.05) is 50.4 Å². The summed E-state index contributed by atoms with van der Waals surface area (Å²) in [5.41, 5.74) is 5.00. The molecule has 1 aromatic carbocycles. The van der Waals surface area contributed by atoms with Crippen molar-refractivity contribution in [2.24, 2.45) is 5.92 Å². The highest BCUT2D eigenvalue weighted by Gasteiger charge is 2.39. The summed E-state index contributed by atoms with van der Waals surface area (Å²) in [5.74, 6) is 0.274. The first-order valence-corrected chi connectivity index (χ1v) is 11.7. The van der Waals surface area contributed by atoms with Crippen LogP contribution in [0.25, 0.3) is 0 Å². The Morgan fingerprint density at radius 3 is 2.52 bits per heavy atom.